The molecule has 1 amide bonds. The minimum Gasteiger partial charge on any atom is -0.481 e. The Morgan fingerprint density at radius 3 is 2.54 bits per heavy atom. The van der Waals surface area contributed by atoms with Crippen LogP contribution in [-0.4, -0.2) is 28.7 Å². The lowest BCUT2D eigenvalue weighted by Crippen LogP contribution is -2.34. The second-order valence-corrected chi connectivity index (χ2v) is 5.83. The Hall–Kier alpha value is -2.63. The van der Waals surface area contributed by atoms with Crippen molar-refractivity contribution in [3.8, 4) is 0 Å². The topological polar surface area (TPSA) is 92.4 Å². The van der Waals surface area contributed by atoms with Gasteiger partial charge in [-0.2, -0.15) is 0 Å². The van der Waals surface area contributed by atoms with Crippen LogP contribution in [-0.2, 0) is 22.4 Å². The van der Waals surface area contributed by atoms with Gasteiger partial charge in [0.15, 0.2) is 0 Å². The average molecular weight is 330 g/mol. The second-order valence-electron chi connectivity index (χ2n) is 5.83. The highest BCUT2D eigenvalue weighted by atomic mass is 16.5. The van der Waals surface area contributed by atoms with Gasteiger partial charge < -0.3 is 14.9 Å². The van der Waals surface area contributed by atoms with Crippen molar-refractivity contribution in [2.24, 2.45) is 5.92 Å². The molecule has 0 saturated heterocycles. The SMILES string of the molecule is Cc1noc(C)c1CCC(=O)NCC(Cc1ccccc1)C(=O)O. The molecule has 1 aromatic carbocycles. The van der Waals surface area contributed by atoms with E-state index in [4.69, 9.17) is 4.52 Å². The molecule has 0 aliphatic carbocycles. The van der Waals surface area contributed by atoms with Crippen LogP contribution in [0.25, 0.3) is 0 Å². The molecule has 1 atom stereocenters. The predicted octanol–water partition coefficient (Wildman–Crippen LogP) is 2.28. The normalized spacial score (nSPS) is 11.9. The highest BCUT2D eigenvalue weighted by Crippen LogP contribution is 2.14. The van der Waals surface area contributed by atoms with Crippen LogP contribution in [0.2, 0.25) is 0 Å². The van der Waals surface area contributed by atoms with Crippen molar-refractivity contribution in [2.75, 3.05) is 6.54 Å². The summed E-state index contributed by atoms with van der Waals surface area (Å²) in [6, 6.07) is 9.40. The molecule has 24 heavy (non-hydrogen) atoms. The van der Waals surface area contributed by atoms with Crippen molar-refractivity contribution in [3.05, 3.63) is 52.9 Å². The van der Waals surface area contributed by atoms with Gasteiger partial charge in [0.25, 0.3) is 0 Å². The zero-order valence-electron chi connectivity index (χ0n) is 13.9. The van der Waals surface area contributed by atoms with Crippen molar-refractivity contribution in [3.63, 3.8) is 0 Å². The molecule has 0 saturated carbocycles. The summed E-state index contributed by atoms with van der Waals surface area (Å²) >= 11 is 0. The summed E-state index contributed by atoms with van der Waals surface area (Å²) in [6.45, 7) is 3.77. The fraction of sp³-hybridized carbons (Fsp3) is 0.389. The Labute approximate surface area is 140 Å². The summed E-state index contributed by atoms with van der Waals surface area (Å²) in [5.41, 5.74) is 2.66. The van der Waals surface area contributed by atoms with E-state index < -0.39 is 11.9 Å². The molecule has 0 aliphatic heterocycles. The minimum atomic E-state index is -0.912. The number of nitrogens with zero attached hydrogens (tertiary/aromatic N) is 1. The number of hydrogen-bond acceptors (Lipinski definition) is 4. The van der Waals surface area contributed by atoms with E-state index in [-0.39, 0.29) is 18.9 Å². The van der Waals surface area contributed by atoms with Gasteiger partial charge >= 0.3 is 5.97 Å². The summed E-state index contributed by atoms with van der Waals surface area (Å²) in [5, 5.41) is 15.9. The molecule has 1 unspecified atom stereocenters. The highest BCUT2D eigenvalue weighted by molar-refractivity contribution is 5.77. The van der Waals surface area contributed by atoms with Gasteiger partial charge in [-0.3, -0.25) is 9.59 Å². The lowest BCUT2D eigenvalue weighted by atomic mass is 9.99. The van der Waals surface area contributed by atoms with E-state index >= 15 is 0 Å². The minimum absolute atomic E-state index is 0.116. The fourth-order valence-electron chi connectivity index (χ4n) is 2.57. The van der Waals surface area contributed by atoms with E-state index in [1.807, 2.05) is 44.2 Å². The summed E-state index contributed by atoms with van der Waals surface area (Å²) in [4.78, 5) is 23.4. The van der Waals surface area contributed by atoms with Crippen LogP contribution in [0.5, 0.6) is 0 Å². The predicted molar refractivity (Wildman–Crippen MR) is 88.6 cm³/mol. The number of carboxylic acid groups (broad SMARTS) is 1. The molecule has 2 rings (SSSR count). The maximum atomic E-state index is 12.0. The third kappa shape index (κ3) is 4.94. The molecule has 2 N–H and O–H groups in total. The molecule has 6 nitrogen and oxygen atoms in total. The molecule has 0 aliphatic rings. The van der Waals surface area contributed by atoms with E-state index in [0.717, 1.165) is 16.8 Å². The van der Waals surface area contributed by atoms with Crippen LogP contribution in [0, 0.1) is 19.8 Å². The molecule has 2 aromatic rings. The third-order valence-electron chi connectivity index (χ3n) is 4.00. The summed E-state index contributed by atoms with van der Waals surface area (Å²) in [7, 11) is 0. The van der Waals surface area contributed by atoms with Crippen LogP contribution >= 0.6 is 0 Å². The van der Waals surface area contributed by atoms with Crippen molar-refractivity contribution < 1.29 is 19.2 Å². The van der Waals surface area contributed by atoms with E-state index in [1.165, 1.54) is 0 Å². The van der Waals surface area contributed by atoms with Crippen LogP contribution in [0.1, 0.15) is 29.0 Å². The van der Waals surface area contributed by atoms with Gasteiger partial charge in [0.1, 0.15) is 5.76 Å². The molecule has 1 heterocycles. The standard InChI is InChI=1S/C18H22N2O4/c1-12-16(13(2)24-20-12)8-9-17(21)19-11-15(18(22)23)10-14-6-4-3-5-7-14/h3-7,15H,8-11H2,1-2H3,(H,19,21)(H,22,23). The van der Waals surface area contributed by atoms with Gasteiger partial charge in [-0.25, -0.2) is 0 Å². The summed E-state index contributed by atoms with van der Waals surface area (Å²) in [5.74, 6) is -1.01. The zero-order chi connectivity index (χ0) is 17.5. The first-order chi connectivity index (χ1) is 11.5. The first kappa shape index (κ1) is 17.7. The van der Waals surface area contributed by atoms with Crippen LogP contribution < -0.4 is 5.32 Å². The first-order valence-electron chi connectivity index (χ1n) is 7.92. The number of benzene rings is 1. The first-order valence-corrected chi connectivity index (χ1v) is 7.92. The lowest BCUT2D eigenvalue weighted by Gasteiger charge is -2.13. The van der Waals surface area contributed by atoms with Gasteiger partial charge in [0.2, 0.25) is 5.91 Å². The molecule has 0 bridgehead atoms. The van der Waals surface area contributed by atoms with Gasteiger partial charge in [0.05, 0.1) is 11.6 Å². The summed E-state index contributed by atoms with van der Waals surface area (Å²) in [6.07, 6.45) is 1.20. The third-order valence-corrected chi connectivity index (χ3v) is 4.00. The van der Waals surface area contributed by atoms with Crippen LogP contribution in [0.4, 0.5) is 0 Å². The molecular formula is C18H22N2O4. The Bertz CT molecular complexity index is 675. The largest absolute Gasteiger partial charge is 0.481 e. The van der Waals surface area contributed by atoms with Crippen molar-refractivity contribution >= 4 is 11.9 Å². The van der Waals surface area contributed by atoms with Crippen molar-refractivity contribution in [1.29, 1.82) is 0 Å². The van der Waals surface area contributed by atoms with Crippen molar-refractivity contribution in [1.82, 2.24) is 10.5 Å². The van der Waals surface area contributed by atoms with Crippen LogP contribution in [0.15, 0.2) is 34.9 Å². The quantitative estimate of drug-likeness (QED) is 0.774. The average Bonchev–Trinajstić information content (AvgIpc) is 2.88. The van der Waals surface area contributed by atoms with E-state index in [0.29, 0.717) is 18.6 Å². The highest BCUT2D eigenvalue weighted by Gasteiger charge is 2.19. The number of carbonyl (C=O) groups is 2. The maximum absolute atomic E-state index is 12.0. The maximum Gasteiger partial charge on any atom is 0.308 e. The molecule has 0 spiro atoms. The van der Waals surface area contributed by atoms with Crippen molar-refractivity contribution in [2.45, 2.75) is 33.1 Å². The smallest absolute Gasteiger partial charge is 0.308 e. The number of carboxylic acids is 1. The number of amides is 1. The lowest BCUT2D eigenvalue weighted by molar-refractivity contribution is -0.141. The number of rotatable bonds is 8. The Kier molecular flexibility index (Phi) is 6.12. The number of aryl methyl sites for hydroxylation is 2. The number of nitrogens with one attached hydrogen (secondary N) is 1. The molecule has 0 radical (unpaired) electrons. The van der Waals surface area contributed by atoms with Gasteiger partial charge in [-0.15, -0.1) is 0 Å². The van der Waals surface area contributed by atoms with Gasteiger partial charge in [-0.1, -0.05) is 35.5 Å². The summed E-state index contributed by atoms with van der Waals surface area (Å²) < 4.78 is 5.06. The second kappa shape index (κ2) is 8.29. The Morgan fingerprint density at radius 2 is 1.96 bits per heavy atom. The Balaban J connectivity index is 1.83. The number of aliphatic carboxylic acids is 1. The molecule has 6 heteroatoms. The van der Waals surface area contributed by atoms with E-state index in [2.05, 4.69) is 10.5 Å². The van der Waals surface area contributed by atoms with E-state index in [9.17, 15) is 14.7 Å². The molecule has 1 aromatic heterocycles. The fourth-order valence-corrected chi connectivity index (χ4v) is 2.57. The molecule has 128 valence electrons. The number of aromatic nitrogens is 1. The van der Waals surface area contributed by atoms with Crippen LogP contribution in [0.3, 0.4) is 0 Å². The molecule has 0 fully saturated rings. The van der Waals surface area contributed by atoms with E-state index in [1.54, 1.807) is 0 Å². The van der Waals surface area contributed by atoms with Gasteiger partial charge in [-0.05, 0) is 32.3 Å². The Morgan fingerprint density at radius 1 is 1.25 bits per heavy atom. The number of carbonyl (C=O) groups excluding carboxylic acids is 1. The monoisotopic (exact) mass is 330 g/mol. The zero-order valence-corrected chi connectivity index (χ0v) is 13.9. The molecular weight excluding hydrogens is 308 g/mol. The van der Waals surface area contributed by atoms with Gasteiger partial charge in [0, 0.05) is 18.5 Å². The number of hydrogen-bond donors (Lipinski definition) is 2.